The molecule has 0 aliphatic heterocycles. The standard InChI is InChI=1S/C17H27NSi.C9H21ClSi.C9H8.C4H9.CH4S.CH4.Li/c1-13(2)19(14(3)4,15(5)6)18-12-11-16-9-7-8-10-17(16)18;1-7(2)11(10,8(3)4)9(5)6;1-2-5-9-7-3-6-8(9)4-1;1-3-4-2;1-2;;/h7-15H,1-6H3;7-9H,1-6H3;1-6H,7H2;1,3-4H2,2H3;2H,1H3;1H4;/q;;;-1;;;+1. The Kier molecular flexibility index (Phi) is 27.4. The molecule has 1 aliphatic rings. The van der Waals surface area contributed by atoms with Crippen molar-refractivity contribution in [3.63, 3.8) is 0 Å². The quantitative estimate of drug-likeness (QED) is 0.103. The fourth-order valence-corrected chi connectivity index (χ4v) is 18.1. The number of unbranched alkanes of at least 4 members (excludes halogenated alkanes) is 1. The summed E-state index contributed by atoms with van der Waals surface area (Å²) in [5.41, 5.74) is 8.53. The molecule has 0 saturated carbocycles. The first-order valence-corrected chi connectivity index (χ1v) is 23.7. The van der Waals surface area contributed by atoms with E-state index in [-0.39, 0.29) is 26.3 Å². The van der Waals surface area contributed by atoms with Gasteiger partial charge in [-0.15, -0.1) is 0 Å². The summed E-state index contributed by atoms with van der Waals surface area (Å²) in [4.78, 5) is 0. The van der Waals surface area contributed by atoms with E-state index in [1.807, 2.05) is 0 Å². The molecule has 1 aromatic heterocycles. The zero-order valence-corrected chi connectivity index (χ0v) is 36.1. The monoisotopic (exact) mass is 709 g/mol. The van der Waals surface area contributed by atoms with E-state index in [0.29, 0.717) is 16.6 Å². The first kappa shape index (κ1) is 50.8. The van der Waals surface area contributed by atoms with Crippen molar-refractivity contribution in [2.75, 3.05) is 6.26 Å². The number of thiol groups is 1. The van der Waals surface area contributed by atoms with Gasteiger partial charge >= 0.3 is 18.9 Å². The van der Waals surface area contributed by atoms with Gasteiger partial charge in [0.25, 0.3) is 0 Å². The maximum atomic E-state index is 6.68. The third-order valence-corrected chi connectivity index (χ3v) is 25.5. The van der Waals surface area contributed by atoms with Crippen LogP contribution in [0.25, 0.3) is 17.0 Å². The molecule has 0 unspecified atom stereocenters. The second kappa shape index (κ2) is 25.4. The van der Waals surface area contributed by atoms with Crippen LogP contribution in [0.4, 0.5) is 0 Å². The van der Waals surface area contributed by atoms with Gasteiger partial charge in [0.2, 0.25) is 0 Å². The summed E-state index contributed by atoms with van der Waals surface area (Å²) in [5, 5.41) is 1.38. The zero-order valence-electron chi connectivity index (χ0n) is 32.5. The number of aromatic nitrogens is 1. The first-order valence-electron chi connectivity index (χ1n) is 17.4. The second-order valence-corrected chi connectivity index (χ2v) is 26.8. The molecule has 0 radical (unpaired) electrons. The minimum Gasteiger partial charge on any atom is -0.373 e. The average molecular weight is 711 g/mol. The number of hydrogen-bond donors (Lipinski definition) is 1. The molecule has 6 heteroatoms. The molecule has 3 aromatic rings. The molecule has 1 heterocycles. The smallest absolute Gasteiger partial charge is 0.373 e. The molecule has 47 heavy (non-hydrogen) atoms. The van der Waals surface area contributed by atoms with E-state index in [1.165, 1.54) is 28.5 Å². The Morgan fingerprint density at radius 2 is 1.15 bits per heavy atom. The molecule has 1 aliphatic carbocycles. The maximum Gasteiger partial charge on any atom is 1.00 e. The molecular formula is C41H73ClLiNSSi2. The molecule has 0 amide bonds. The van der Waals surface area contributed by atoms with Crippen LogP contribution in [0.1, 0.15) is 121 Å². The Hall–Kier alpha value is -0.609. The van der Waals surface area contributed by atoms with Crippen LogP contribution in [-0.4, -0.2) is 26.1 Å². The zero-order chi connectivity index (χ0) is 35.0. The number of nitrogens with zero attached hydrogens (tertiary/aromatic N) is 1. The summed E-state index contributed by atoms with van der Waals surface area (Å²) in [6.45, 7) is 33.8. The van der Waals surface area contributed by atoms with Gasteiger partial charge in [-0.2, -0.15) is 30.1 Å². The van der Waals surface area contributed by atoms with Gasteiger partial charge in [-0.05, 0) is 80.8 Å². The number of para-hydroxylation sites is 1. The van der Waals surface area contributed by atoms with Gasteiger partial charge < -0.3 is 11.2 Å². The predicted octanol–water partition coefficient (Wildman–Crippen LogP) is 12.1. The van der Waals surface area contributed by atoms with Crippen LogP contribution in [-0.2, 0) is 6.42 Å². The van der Waals surface area contributed by atoms with Crippen LogP contribution in [0.15, 0.2) is 66.9 Å². The summed E-state index contributed by atoms with van der Waals surface area (Å²) in [5.74, 6) is 0. The first-order chi connectivity index (χ1) is 21.1. The van der Waals surface area contributed by atoms with E-state index < -0.39 is 15.6 Å². The summed E-state index contributed by atoms with van der Waals surface area (Å²) in [6.07, 6.45) is 11.8. The van der Waals surface area contributed by atoms with E-state index in [0.717, 1.165) is 29.5 Å². The molecule has 4 rings (SSSR count). The fourth-order valence-electron chi connectivity index (χ4n) is 7.45. The normalized spacial score (nSPS) is 11.9. The number of benzene rings is 2. The predicted molar refractivity (Wildman–Crippen MR) is 226 cm³/mol. The number of allylic oxidation sites excluding steroid dienone is 1. The van der Waals surface area contributed by atoms with Crippen LogP contribution in [0.5, 0.6) is 0 Å². The number of fused-ring (bicyclic) bond motifs is 2. The van der Waals surface area contributed by atoms with Crippen molar-refractivity contribution in [2.45, 2.75) is 150 Å². The molecular weight excluding hydrogens is 637 g/mol. The molecule has 0 bridgehead atoms. The van der Waals surface area contributed by atoms with E-state index >= 15 is 0 Å². The maximum absolute atomic E-state index is 6.68. The fraction of sp³-hybridized carbons (Fsp3) is 0.585. The van der Waals surface area contributed by atoms with Gasteiger partial charge in [-0.1, -0.05) is 158 Å². The van der Waals surface area contributed by atoms with Gasteiger partial charge in [0.1, 0.15) is 0 Å². The summed E-state index contributed by atoms with van der Waals surface area (Å²) in [6, 6.07) is 19.6. The SMILES string of the molecule is C.C1=Cc2ccccc2C1.CC(C)[Si](C(C)C)(C(C)C)n1ccc2ccccc21.CC(C)[Si](Cl)(C(C)C)C(C)C.CS.[CH2-]CCC.[Li+]. The molecule has 2 aromatic carbocycles. The Bertz CT molecular complexity index is 1190. The van der Waals surface area contributed by atoms with Crippen molar-refractivity contribution in [1.82, 2.24) is 4.23 Å². The van der Waals surface area contributed by atoms with Crippen LogP contribution in [0.3, 0.4) is 0 Å². The Morgan fingerprint density at radius 1 is 0.723 bits per heavy atom. The van der Waals surface area contributed by atoms with Gasteiger partial charge in [-0.25, -0.2) is 0 Å². The van der Waals surface area contributed by atoms with Crippen molar-refractivity contribution in [3.8, 4) is 0 Å². The van der Waals surface area contributed by atoms with Crippen molar-refractivity contribution < 1.29 is 18.9 Å². The van der Waals surface area contributed by atoms with Crippen molar-refractivity contribution >= 4 is 56.3 Å². The third-order valence-electron chi connectivity index (χ3n) is 9.49. The van der Waals surface area contributed by atoms with Gasteiger partial charge in [0.15, 0.2) is 15.6 Å². The van der Waals surface area contributed by atoms with Crippen LogP contribution >= 0.6 is 23.7 Å². The van der Waals surface area contributed by atoms with E-state index in [9.17, 15) is 0 Å². The van der Waals surface area contributed by atoms with Crippen molar-refractivity contribution in [3.05, 3.63) is 84.9 Å². The topological polar surface area (TPSA) is 4.93 Å². The minimum atomic E-state index is -1.60. The minimum absolute atomic E-state index is 0. The van der Waals surface area contributed by atoms with Crippen LogP contribution in [0, 0.1) is 6.92 Å². The van der Waals surface area contributed by atoms with Gasteiger partial charge in [-0.3, -0.25) is 0 Å². The Morgan fingerprint density at radius 3 is 1.53 bits per heavy atom. The Balaban J connectivity index is -0.000000593. The molecule has 0 atom stereocenters. The number of rotatable bonds is 8. The molecule has 0 N–H and O–H groups in total. The molecule has 0 fully saturated rings. The van der Waals surface area contributed by atoms with Crippen molar-refractivity contribution in [2.24, 2.45) is 0 Å². The van der Waals surface area contributed by atoms with Crippen LogP contribution in [0.2, 0.25) is 33.2 Å². The van der Waals surface area contributed by atoms with Gasteiger partial charge in [0, 0.05) is 5.52 Å². The molecule has 1 nitrogen and oxygen atoms in total. The second-order valence-electron chi connectivity index (χ2n) is 14.0. The number of hydrogen-bond acceptors (Lipinski definition) is 1. The average Bonchev–Trinajstić information content (AvgIpc) is 3.66. The summed E-state index contributed by atoms with van der Waals surface area (Å²) < 4.78 is 2.67. The Labute approximate surface area is 318 Å². The van der Waals surface area contributed by atoms with Crippen LogP contribution < -0.4 is 18.9 Å². The summed E-state index contributed by atoms with van der Waals surface area (Å²) in [7, 11) is -3.11. The molecule has 0 saturated heterocycles. The van der Waals surface area contributed by atoms with Gasteiger partial charge in [0.05, 0.1) is 0 Å². The summed E-state index contributed by atoms with van der Waals surface area (Å²) >= 11 is 10.2. The molecule has 0 spiro atoms. The van der Waals surface area contributed by atoms with E-state index in [2.05, 4.69) is 187 Å². The largest absolute Gasteiger partial charge is 1.00 e. The number of halogens is 1. The third kappa shape index (κ3) is 13.6. The van der Waals surface area contributed by atoms with E-state index in [4.69, 9.17) is 11.1 Å². The molecule has 264 valence electrons. The van der Waals surface area contributed by atoms with Crippen molar-refractivity contribution in [1.29, 1.82) is 0 Å². The van der Waals surface area contributed by atoms with E-state index in [1.54, 1.807) is 6.26 Å².